The predicted octanol–water partition coefficient (Wildman–Crippen LogP) is 2.99. The molecule has 0 radical (unpaired) electrons. The van der Waals surface area contributed by atoms with Crippen LogP contribution >= 0.6 is 0 Å². The number of anilines is 3. The van der Waals surface area contributed by atoms with Gasteiger partial charge in [-0.1, -0.05) is 6.07 Å². The Hall–Kier alpha value is -3.35. The lowest BCUT2D eigenvalue weighted by atomic mass is 10.2. The van der Waals surface area contributed by atoms with E-state index in [1.54, 1.807) is 62.6 Å². The highest BCUT2D eigenvalue weighted by molar-refractivity contribution is 6.01. The van der Waals surface area contributed by atoms with Crippen molar-refractivity contribution in [3.8, 4) is 0 Å². The normalized spacial score (nSPS) is 9.88. The van der Waals surface area contributed by atoms with E-state index in [0.29, 0.717) is 22.6 Å². The molecule has 0 heterocycles. The molecule has 0 unspecified atom stereocenters. The SMILES string of the molecule is CC(=O)Nc1ccc(NC(=O)Nc2cccc(C(=O)N(C)C)c2)cc1. The second kappa shape index (κ2) is 7.96. The van der Waals surface area contributed by atoms with Gasteiger partial charge in [0.25, 0.3) is 5.91 Å². The van der Waals surface area contributed by atoms with Crippen LogP contribution in [0.3, 0.4) is 0 Å². The molecule has 3 N–H and O–H groups in total. The first-order chi connectivity index (χ1) is 11.8. The highest BCUT2D eigenvalue weighted by Gasteiger charge is 2.09. The highest BCUT2D eigenvalue weighted by Crippen LogP contribution is 2.15. The first kappa shape index (κ1) is 18.0. The van der Waals surface area contributed by atoms with Crippen molar-refractivity contribution >= 4 is 34.9 Å². The molecule has 25 heavy (non-hydrogen) atoms. The van der Waals surface area contributed by atoms with E-state index in [4.69, 9.17) is 0 Å². The molecule has 2 rings (SSSR count). The van der Waals surface area contributed by atoms with Crippen molar-refractivity contribution in [1.29, 1.82) is 0 Å². The van der Waals surface area contributed by atoms with Gasteiger partial charge in [-0.05, 0) is 42.5 Å². The van der Waals surface area contributed by atoms with Crippen LogP contribution in [0.2, 0.25) is 0 Å². The summed E-state index contributed by atoms with van der Waals surface area (Å²) in [6, 6.07) is 13.0. The quantitative estimate of drug-likeness (QED) is 0.799. The second-order valence-electron chi connectivity index (χ2n) is 5.62. The zero-order valence-corrected chi connectivity index (χ0v) is 14.3. The van der Waals surface area contributed by atoms with Crippen molar-refractivity contribution in [3.63, 3.8) is 0 Å². The van der Waals surface area contributed by atoms with E-state index in [1.165, 1.54) is 11.8 Å². The number of carbonyl (C=O) groups is 3. The van der Waals surface area contributed by atoms with E-state index in [1.807, 2.05) is 0 Å². The summed E-state index contributed by atoms with van der Waals surface area (Å²) in [5, 5.41) is 8.01. The van der Waals surface area contributed by atoms with Crippen LogP contribution in [0, 0.1) is 0 Å². The van der Waals surface area contributed by atoms with Crippen LogP contribution in [0.15, 0.2) is 48.5 Å². The summed E-state index contributed by atoms with van der Waals surface area (Å²) in [5.74, 6) is -0.303. The Morgan fingerprint density at radius 3 is 1.92 bits per heavy atom. The minimum Gasteiger partial charge on any atom is -0.345 e. The lowest BCUT2D eigenvalue weighted by Crippen LogP contribution is -2.22. The van der Waals surface area contributed by atoms with Gasteiger partial charge in [0.1, 0.15) is 0 Å². The van der Waals surface area contributed by atoms with Crippen LogP contribution in [0.4, 0.5) is 21.9 Å². The van der Waals surface area contributed by atoms with Gasteiger partial charge in [-0.2, -0.15) is 0 Å². The van der Waals surface area contributed by atoms with Crippen LogP contribution in [0.25, 0.3) is 0 Å². The zero-order valence-electron chi connectivity index (χ0n) is 14.3. The fourth-order valence-corrected chi connectivity index (χ4v) is 2.12. The molecule has 0 aliphatic carbocycles. The summed E-state index contributed by atoms with van der Waals surface area (Å²) >= 11 is 0. The molecule has 0 bridgehead atoms. The van der Waals surface area contributed by atoms with Gasteiger partial charge in [0.15, 0.2) is 0 Å². The summed E-state index contributed by atoms with van der Waals surface area (Å²) in [5.41, 5.74) is 2.23. The van der Waals surface area contributed by atoms with Crippen molar-refractivity contribution in [2.24, 2.45) is 0 Å². The molecule has 130 valence electrons. The third-order valence-corrected chi connectivity index (χ3v) is 3.24. The maximum absolute atomic E-state index is 12.1. The minimum atomic E-state index is -0.429. The monoisotopic (exact) mass is 340 g/mol. The number of benzene rings is 2. The smallest absolute Gasteiger partial charge is 0.323 e. The van der Waals surface area contributed by atoms with Gasteiger partial charge < -0.3 is 20.9 Å². The molecule has 4 amide bonds. The number of hydrogen-bond donors (Lipinski definition) is 3. The molecule has 2 aromatic rings. The fourth-order valence-electron chi connectivity index (χ4n) is 2.12. The Morgan fingerprint density at radius 1 is 0.800 bits per heavy atom. The standard InChI is InChI=1S/C18H20N4O3/c1-12(23)19-14-7-9-15(10-8-14)20-18(25)21-16-6-4-5-13(11-16)17(24)22(2)3/h4-11H,1-3H3,(H,19,23)(H2,20,21,25). The molecular weight excluding hydrogens is 320 g/mol. The number of carbonyl (C=O) groups excluding carboxylic acids is 3. The molecule has 0 aliphatic heterocycles. The van der Waals surface area contributed by atoms with Crippen molar-refractivity contribution in [3.05, 3.63) is 54.1 Å². The molecule has 0 spiro atoms. The van der Waals surface area contributed by atoms with E-state index >= 15 is 0 Å². The number of rotatable bonds is 4. The molecule has 7 nitrogen and oxygen atoms in total. The van der Waals surface area contributed by atoms with Crippen molar-refractivity contribution in [1.82, 2.24) is 4.90 Å². The molecule has 2 aromatic carbocycles. The molecule has 0 aromatic heterocycles. The first-order valence-corrected chi connectivity index (χ1v) is 7.62. The van der Waals surface area contributed by atoms with Crippen molar-refractivity contribution < 1.29 is 14.4 Å². The van der Waals surface area contributed by atoms with E-state index in [2.05, 4.69) is 16.0 Å². The molecular formula is C18H20N4O3. The fraction of sp³-hybridized carbons (Fsp3) is 0.167. The summed E-state index contributed by atoms with van der Waals surface area (Å²) in [7, 11) is 3.33. The summed E-state index contributed by atoms with van der Waals surface area (Å²) in [4.78, 5) is 36.5. The Kier molecular flexibility index (Phi) is 5.73. The third kappa shape index (κ3) is 5.35. The predicted molar refractivity (Wildman–Crippen MR) is 97.8 cm³/mol. The highest BCUT2D eigenvalue weighted by atomic mass is 16.2. The summed E-state index contributed by atoms with van der Waals surface area (Å²) in [6.07, 6.45) is 0. The van der Waals surface area contributed by atoms with Crippen LogP contribution in [0.5, 0.6) is 0 Å². The maximum atomic E-state index is 12.1. The molecule has 0 saturated carbocycles. The van der Waals surface area contributed by atoms with Crippen LogP contribution in [-0.2, 0) is 4.79 Å². The molecule has 0 saturated heterocycles. The van der Waals surface area contributed by atoms with E-state index in [0.717, 1.165) is 0 Å². The minimum absolute atomic E-state index is 0.141. The van der Waals surface area contributed by atoms with Gasteiger partial charge in [-0.15, -0.1) is 0 Å². The van der Waals surface area contributed by atoms with E-state index in [-0.39, 0.29) is 11.8 Å². The third-order valence-electron chi connectivity index (χ3n) is 3.24. The average molecular weight is 340 g/mol. The first-order valence-electron chi connectivity index (χ1n) is 7.62. The van der Waals surface area contributed by atoms with E-state index < -0.39 is 6.03 Å². The maximum Gasteiger partial charge on any atom is 0.323 e. The van der Waals surface area contributed by atoms with Crippen LogP contribution in [-0.4, -0.2) is 36.8 Å². The largest absolute Gasteiger partial charge is 0.345 e. The van der Waals surface area contributed by atoms with Gasteiger partial charge in [-0.3, -0.25) is 9.59 Å². The summed E-state index contributed by atoms with van der Waals surface area (Å²) in [6.45, 7) is 1.43. The Bertz CT molecular complexity index is 785. The number of nitrogens with one attached hydrogen (secondary N) is 3. The zero-order chi connectivity index (χ0) is 18.4. The number of amides is 4. The van der Waals surface area contributed by atoms with Gasteiger partial charge >= 0.3 is 6.03 Å². The van der Waals surface area contributed by atoms with Gasteiger partial charge in [0.2, 0.25) is 5.91 Å². The van der Waals surface area contributed by atoms with Crippen LogP contribution in [0.1, 0.15) is 17.3 Å². The molecule has 0 aliphatic rings. The number of nitrogens with zero attached hydrogens (tertiary/aromatic N) is 1. The van der Waals surface area contributed by atoms with Crippen LogP contribution < -0.4 is 16.0 Å². The Balaban J connectivity index is 1.99. The van der Waals surface area contributed by atoms with Crippen molar-refractivity contribution in [2.75, 3.05) is 30.0 Å². The molecule has 0 fully saturated rings. The number of hydrogen-bond acceptors (Lipinski definition) is 3. The average Bonchev–Trinajstić information content (AvgIpc) is 2.55. The van der Waals surface area contributed by atoms with Gasteiger partial charge in [-0.25, -0.2) is 4.79 Å². The molecule has 0 atom stereocenters. The van der Waals surface area contributed by atoms with Gasteiger partial charge in [0.05, 0.1) is 0 Å². The lowest BCUT2D eigenvalue weighted by Gasteiger charge is -2.12. The van der Waals surface area contributed by atoms with Crippen molar-refractivity contribution in [2.45, 2.75) is 6.92 Å². The van der Waals surface area contributed by atoms with E-state index in [9.17, 15) is 14.4 Å². The topological polar surface area (TPSA) is 90.5 Å². The Labute approximate surface area is 146 Å². The molecule has 7 heteroatoms. The Morgan fingerprint density at radius 2 is 1.36 bits per heavy atom. The lowest BCUT2D eigenvalue weighted by molar-refractivity contribution is -0.114. The summed E-state index contributed by atoms with van der Waals surface area (Å²) < 4.78 is 0. The number of urea groups is 1. The second-order valence-corrected chi connectivity index (χ2v) is 5.62. The van der Waals surface area contributed by atoms with Gasteiger partial charge in [0, 0.05) is 43.6 Å².